The largest absolute Gasteiger partial charge is 0.455 e. The molecule has 0 radical (unpaired) electrons. The number of Topliss-reactive ketones (excluding diaryl/α,β-unsaturated/α-hetero) is 2. The monoisotopic (exact) mass is 810 g/mol. The van der Waals surface area contributed by atoms with Gasteiger partial charge in [-0.15, -0.1) is 0 Å². The molecule has 0 unspecified atom stereocenters. The molecular formula is C44H63FN4O9. The summed E-state index contributed by atoms with van der Waals surface area (Å²) in [5.41, 5.74) is -4.10. The molecule has 2 aromatic heterocycles. The Hall–Kier alpha value is -4.01. The van der Waals surface area contributed by atoms with Gasteiger partial charge in [-0.3, -0.25) is 19.5 Å². The highest BCUT2D eigenvalue weighted by Crippen LogP contribution is 2.45. The summed E-state index contributed by atoms with van der Waals surface area (Å²) in [7, 11) is 0. The van der Waals surface area contributed by atoms with Gasteiger partial charge in [-0.05, 0) is 82.4 Å². The van der Waals surface area contributed by atoms with Gasteiger partial charge in [0.05, 0.1) is 30.3 Å². The lowest BCUT2D eigenvalue weighted by molar-refractivity contribution is -0.284. The number of fused-ring (bicyclic) bond motifs is 1. The van der Waals surface area contributed by atoms with Crippen molar-refractivity contribution in [2.24, 2.45) is 29.1 Å². The number of rotatable bonds is 10. The fourth-order valence-corrected chi connectivity index (χ4v) is 9.54. The van der Waals surface area contributed by atoms with Crippen LogP contribution in [0.4, 0.5) is 9.18 Å². The third-order valence-electron chi connectivity index (χ3n) is 12.4. The standard InChI is InChI=1S/C44H63FN4O9/c1-11-17-44-33(12-2)56-40(53)43(10,45)37(52)30(7)38(57-39-35(51)26(3)21-28(5)55-39)42(8,9)22-27(4)34(50)29(6)36(44)49(41(54)58-44)20-14-13-19-48-24-32(47-25-48)31-16-15-18-46-23-31/h11,15-18,23-30,33,35-36,38-39,51H,12-14,19-22H2,1-10H3/b17-11-/t26-,27+,28+,29-,30-,33+,35+,36+,38+,39-,43-,44+/m0/s1. The van der Waals surface area contributed by atoms with E-state index >= 15 is 4.39 Å². The van der Waals surface area contributed by atoms with Crippen molar-refractivity contribution in [3.63, 3.8) is 0 Å². The number of hydrogen-bond donors (Lipinski definition) is 1. The Balaban J connectivity index is 1.48. The average molecular weight is 811 g/mol. The van der Waals surface area contributed by atoms with E-state index in [2.05, 4.69) is 9.97 Å². The molecule has 3 fully saturated rings. The minimum Gasteiger partial charge on any atom is -0.455 e. The van der Waals surface area contributed by atoms with E-state index in [1.807, 2.05) is 50.6 Å². The van der Waals surface area contributed by atoms with E-state index in [0.717, 1.165) is 18.2 Å². The van der Waals surface area contributed by atoms with Gasteiger partial charge in [-0.2, -0.15) is 0 Å². The molecule has 0 spiro atoms. The van der Waals surface area contributed by atoms with E-state index in [0.29, 0.717) is 25.8 Å². The van der Waals surface area contributed by atoms with Gasteiger partial charge >= 0.3 is 12.1 Å². The summed E-state index contributed by atoms with van der Waals surface area (Å²) in [4.78, 5) is 67.2. The van der Waals surface area contributed by atoms with Crippen LogP contribution in [0, 0.1) is 29.1 Å². The van der Waals surface area contributed by atoms with Gasteiger partial charge in [-0.1, -0.05) is 54.5 Å². The molecule has 1 amide bonds. The maximum absolute atomic E-state index is 16.9. The predicted molar refractivity (Wildman–Crippen MR) is 214 cm³/mol. The Bertz CT molecular complexity index is 1800. The van der Waals surface area contributed by atoms with Crippen molar-refractivity contribution in [3.05, 3.63) is 49.2 Å². The predicted octanol–water partition coefficient (Wildman–Crippen LogP) is 6.90. The van der Waals surface area contributed by atoms with Gasteiger partial charge in [0.1, 0.15) is 18.0 Å². The molecule has 3 aliphatic heterocycles. The van der Waals surface area contributed by atoms with Crippen LogP contribution >= 0.6 is 0 Å². The quantitative estimate of drug-likeness (QED) is 0.115. The Kier molecular flexibility index (Phi) is 14.1. The highest BCUT2D eigenvalue weighted by Gasteiger charge is 2.62. The number of imidazole rings is 1. The van der Waals surface area contributed by atoms with Crippen LogP contribution in [0.3, 0.4) is 0 Å². The van der Waals surface area contributed by atoms with E-state index in [-0.39, 0.29) is 37.2 Å². The van der Waals surface area contributed by atoms with Crippen molar-refractivity contribution in [2.75, 3.05) is 6.54 Å². The first-order valence-electron chi connectivity index (χ1n) is 20.8. The van der Waals surface area contributed by atoms with Crippen LogP contribution < -0.4 is 0 Å². The molecular weight excluding hydrogens is 748 g/mol. The number of carbonyl (C=O) groups excluding carboxylic acids is 4. The highest BCUT2D eigenvalue weighted by molar-refractivity contribution is 6.08. The maximum atomic E-state index is 16.9. The molecule has 1 N–H and O–H groups in total. The van der Waals surface area contributed by atoms with Crippen LogP contribution in [-0.4, -0.2) is 103 Å². The van der Waals surface area contributed by atoms with Crippen molar-refractivity contribution >= 4 is 23.6 Å². The van der Waals surface area contributed by atoms with Gasteiger partial charge in [0.15, 0.2) is 17.7 Å². The first-order chi connectivity index (χ1) is 27.3. The number of ether oxygens (including phenoxy) is 4. The molecule has 58 heavy (non-hydrogen) atoms. The van der Waals surface area contributed by atoms with Gasteiger partial charge in [-0.25, -0.2) is 19.0 Å². The molecule has 0 bridgehead atoms. The Labute approximate surface area is 342 Å². The number of aliphatic hydroxyl groups is 1. The molecule has 3 aliphatic rings. The fourth-order valence-electron chi connectivity index (χ4n) is 9.54. The smallest absolute Gasteiger partial charge is 0.411 e. The van der Waals surface area contributed by atoms with Crippen LogP contribution in [0.5, 0.6) is 0 Å². The van der Waals surface area contributed by atoms with Crippen LogP contribution in [0.1, 0.15) is 101 Å². The van der Waals surface area contributed by atoms with Gasteiger partial charge in [0.2, 0.25) is 0 Å². The lowest BCUT2D eigenvalue weighted by atomic mass is 9.68. The summed E-state index contributed by atoms with van der Waals surface area (Å²) >= 11 is 0. The number of pyridine rings is 1. The number of hydrogen-bond acceptors (Lipinski definition) is 11. The Morgan fingerprint density at radius 2 is 1.76 bits per heavy atom. The number of allylic oxidation sites excluding steroid dienone is 1. The summed E-state index contributed by atoms with van der Waals surface area (Å²) < 4.78 is 43.5. The van der Waals surface area contributed by atoms with E-state index in [4.69, 9.17) is 18.9 Å². The number of cyclic esters (lactones) is 1. The minimum atomic E-state index is -3.13. The lowest BCUT2D eigenvalue weighted by Gasteiger charge is -2.46. The van der Waals surface area contributed by atoms with E-state index in [9.17, 15) is 24.3 Å². The third-order valence-corrected chi connectivity index (χ3v) is 12.4. The fraction of sp³-hybridized carbons (Fsp3) is 0.682. The SMILES string of the molecule is C/C=C\[C@]12OC(=O)N(CCCCn3cnc(-c4cccnc4)c3)[C@@H]1[C@@H](C)C(=O)[C@H](C)CC(C)(C)[C@H](O[C@@H]1O[C@H](C)C[C@H](C)[C@H]1O)[C@@H](C)C(=O)[C@](C)(F)C(=O)O[C@@H]2CC. The van der Waals surface area contributed by atoms with Crippen LogP contribution in [-0.2, 0) is 39.9 Å². The summed E-state index contributed by atoms with van der Waals surface area (Å²) in [6, 6.07) is 2.84. The molecule has 0 saturated carbocycles. The van der Waals surface area contributed by atoms with Crippen molar-refractivity contribution in [1.82, 2.24) is 19.4 Å². The number of alkyl halides is 1. The lowest BCUT2D eigenvalue weighted by Crippen LogP contribution is -2.60. The zero-order chi connectivity index (χ0) is 42.7. The van der Waals surface area contributed by atoms with E-state index in [1.54, 1.807) is 58.6 Å². The topological polar surface area (TPSA) is 159 Å². The van der Waals surface area contributed by atoms with E-state index in [1.165, 1.54) is 11.8 Å². The third kappa shape index (κ3) is 9.08. The molecule has 0 aromatic carbocycles. The summed E-state index contributed by atoms with van der Waals surface area (Å²) in [6.45, 7) is 17.6. The highest BCUT2D eigenvalue weighted by atomic mass is 19.1. The number of halogens is 1. The Morgan fingerprint density at radius 1 is 1.05 bits per heavy atom. The number of aliphatic hydroxyl groups excluding tert-OH is 1. The number of amides is 1. The minimum absolute atomic E-state index is 0.0793. The summed E-state index contributed by atoms with van der Waals surface area (Å²) in [6.07, 6.45) is 7.06. The second-order valence-corrected chi connectivity index (χ2v) is 17.6. The van der Waals surface area contributed by atoms with Crippen molar-refractivity contribution in [3.8, 4) is 11.3 Å². The molecule has 2 aromatic rings. The van der Waals surface area contributed by atoms with E-state index < -0.39 is 82.9 Å². The number of unbranched alkanes of at least 4 members (excludes halogenated alkanes) is 1. The van der Waals surface area contributed by atoms with Crippen molar-refractivity contribution < 1.29 is 47.6 Å². The maximum Gasteiger partial charge on any atom is 0.411 e. The molecule has 5 rings (SSSR count). The Morgan fingerprint density at radius 3 is 2.41 bits per heavy atom. The van der Waals surface area contributed by atoms with Gasteiger partial charge in [0.25, 0.3) is 5.67 Å². The number of ketones is 2. The van der Waals surface area contributed by atoms with Crippen molar-refractivity contribution in [1.29, 1.82) is 0 Å². The molecule has 12 atom stereocenters. The molecule has 14 heteroatoms. The zero-order valence-corrected chi connectivity index (χ0v) is 35.7. The normalized spacial score (nSPS) is 36.4. The average Bonchev–Trinajstić information content (AvgIpc) is 3.76. The molecule has 320 valence electrons. The van der Waals surface area contributed by atoms with Crippen molar-refractivity contribution in [2.45, 2.75) is 156 Å². The molecule has 3 saturated heterocycles. The second kappa shape index (κ2) is 18.1. The number of esters is 1. The van der Waals surface area contributed by atoms with Crippen LogP contribution in [0.15, 0.2) is 49.2 Å². The number of carbonyl (C=O) groups is 4. The summed E-state index contributed by atoms with van der Waals surface area (Å²) in [5, 5.41) is 11.1. The van der Waals surface area contributed by atoms with Gasteiger partial charge in [0, 0.05) is 55.0 Å². The molecule has 0 aliphatic carbocycles. The van der Waals surface area contributed by atoms with Gasteiger partial charge < -0.3 is 28.6 Å². The number of aromatic nitrogens is 3. The zero-order valence-electron chi connectivity index (χ0n) is 35.7. The molecule has 13 nitrogen and oxygen atoms in total. The second-order valence-electron chi connectivity index (χ2n) is 17.6. The number of aryl methyl sites for hydroxylation is 1. The van der Waals surface area contributed by atoms with Crippen LogP contribution in [0.25, 0.3) is 11.3 Å². The first-order valence-corrected chi connectivity index (χ1v) is 20.8. The van der Waals surface area contributed by atoms with Crippen LogP contribution in [0.2, 0.25) is 0 Å². The number of nitrogens with zero attached hydrogens (tertiary/aromatic N) is 4. The first kappa shape index (κ1) is 45.1. The molecule has 5 heterocycles. The summed E-state index contributed by atoms with van der Waals surface area (Å²) in [5.74, 6) is -5.55.